The van der Waals surface area contributed by atoms with E-state index < -0.39 is 5.24 Å². The van der Waals surface area contributed by atoms with Crippen LogP contribution >= 0.6 is 22.9 Å². The van der Waals surface area contributed by atoms with Crippen LogP contribution in [0.1, 0.15) is 4.88 Å². The third-order valence-electron chi connectivity index (χ3n) is 1.16. The van der Waals surface area contributed by atoms with E-state index in [1.165, 1.54) is 17.4 Å². The second-order valence-electron chi connectivity index (χ2n) is 1.96. The smallest absolute Gasteiger partial charge is 0.263 e. The van der Waals surface area contributed by atoms with Gasteiger partial charge in [0.25, 0.3) is 5.24 Å². The molecule has 0 saturated heterocycles. The van der Waals surface area contributed by atoms with E-state index in [2.05, 4.69) is 0 Å². The number of carbonyl (C=O) groups excluding carboxylic acids is 1. The summed E-state index contributed by atoms with van der Waals surface area (Å²) >= 11 is 6.58. The average Bonchev–Trinajstić information content (AvgIpc) is 2.51. The fourth-order valence-corrected chi connectivity index (χ4v) is 1.40. The Kier molecular flexibility index (Phi) is 3.03. The number of allylic oxidation sites excluding steroid dienone is 1. The lowest BCUT2D eigenvalue weighted by molar-refractivity contribution is -0.108. The van der Waals surface area contributed by atoms with Gasteiger partial charge in [-0.15, -0.1) is 11.3 Å². The number of rotatable bonds is 2. The van der Waals surface area contributed by atoms with Gasteiger partial charge in [0, 0.05) is 4.88 Å². The molecule has 1 rings (SSSR count). The quantitative estimate of drug-likeness (QED) is 0.415. The molecule has 0 N–H and O–H groups in total. The number of thiophene rings is 1. The molecule has 0 radical (unpaired) electrons. The molecule has 0 fully saturated rings. The molecule has 1 aromatic rings. The molecule has 0 amide bonds. The Morgan fingerprint density at radius 1 is 1.75 bits per heavy atom. The minimum atomic E-state index is -0.717. The molecule has 60 valence electrons. The summed E-state index contributed by atoms with van der Waals surface area (Å²) in [5.41, 5.74) is -0.0286. The van der Waals surface area contributed by atoms with Crippen molar-refractivity contribution < 1.29 is 4.79 Å². The fourth-order valence-electron chi connectivity index (χ4n) is 0.649. The Morgan fingerprint density at radius 2 is 2.50 bits per heavy atom. The molecule has 12 heavy (non-hydrogen) atoms. The number of halogens is 1. The summed E-state index contributed by atoms with van der Waals surface area (Å²) in [6, 6.07) is 5.37. The van der Waals surface area contributed by atoms with E-state index in [1.54, 1.807) is 6.07 Å². The Labute approximate surface area is 78.7 Å². The van der Waals surface area contributed by atoms with E-state index in [0.717, 1.165) is 4.88 Å². The molecule has 0 atom stereocenters. The van der Waals surface area contributed by atoms with Crippen LogP contribution in [-0.2, 0) is 4.79 Å². The van der Waals surface area contributed by atoms with Crippen molar-refractivity contribution in [2.75, 3.05) is 0 Å². The summed E-state index contributed by atoms with van der Waals surface area (Å²) in [6.07, 6.45) is 1.47. The summed E-state index contributed by atoms with van der Waals surface area (Å²) in [5.74, 6) is 0. The maximum atomic E-state index is 10.6. The van der Waals surface area contributed by atoms with Crippen LogP contribution < -0.4 is 0 Å². The molecule has 0 aliphatic carbocycles. The maximum Gasteiger partial charge on any atom is 0.263 e. The van der Waals surface area contributed by atoms with Crippen LogP contribution in [-0.4, -0.2) is 5.24 Å². The lowest BCUT2D eigenvalue weighted by Crippen LogP contribution is -1.88. The van der Waals surface area contributed by atoms with Crippen molar-refractivity contribution >= 4 is 34.3 Å². The van der Waals surface area contributed by atoms with Crippen LogP contribution in [0, 0.1) is 11.3 Å². The van der Waals surface area contributed by atoms with Crippen LogP contribution in [0.3, 0.4) is 0 Å². The summed E-state index contributed by atoms with van der Waals surface area (Å²) in [6.45, 7) is 0. The normalized spacial score (nSPS) is 10.8. The van der Waals surface area contributed by atoms with Crippen molar-refractivity contribution in [3.63, 3.8) is 0 Å². The summed E-state index contributed by atoms with van der Waals surface area (Å²) in [5, 5.41) is 9.62. The van der Waals surface area contributed by atoms with Crippen LogP contribution in [0.2, 0.25) is 0 Å². The van der Waals surface area contributed by atoms with Crippen LogP contribution in [0.15, 0.2) is 23.1 Å². The molecule has 1 aromatic heterocycles. The molecular formula is C8H4ClNOS. The maximum absolute atomic E-state index is 10.6. The predicted octanol–water partition coefficient (Wildman–Crippen LogP) is 2.42. The SMILES string of the molecule is N#C/C(=C\c1cccs1)C(=O)Cl. The molecule has 0 aromatic carbocycles. The first-order chi connectivity index (χ1) is 5.74. The van der Waals surface area contributed by atoms with E-state index in [9.17, 15) is 4.79 Å². The van der Waals surface area contributed by atoms with Gasteiger partial charge in [-0.05, 0) is 29.1 Å². The molecule has 0 aliphatic rings. The molecule has 1 heterocycles. The van der Waals surface area contributed by atoms with Crippen LogP contribution in [0.5, 0.6) is 0 Å². The highest BCUT2D eigenvalue weighted by Crippen LogP contribution is 2.14. The number of hydrogen-bond donors (Lipinski definition) is 0. The first kappa shape index (κ1) is 8.98. The first-order valence-electron chi connectivity index (χ1n) is 3.09. The zero-order valence-corrected chi connectivity index (χ0v) is 7.52. The number of carbonyl (C=O) groups is 1. The van der Waals surface area contributed by atoms with Crippen LogP contribution in [0.25, 0.3) is 6.08 Å². The topological polar surface area (TPSA) is 40.9 Å². The van der Waals surface area contributed by atoms with Gasteiger partial charge >= 0.3 is 0 Å². The van der Waals surface area contributed by atoms with Crippen molar-refractivity contribution in [1.29, 1.82) is 5.26 Å². The van der Waals surface area contributed by atoms with Crippen molar-refractivity contribution in [3.8, 4) is 6.07 Å². The zero-order chi connectivity index (χ0) is 8.97. The molecule has 0 saturated carbocycles. The standard InChI is InChI=1S/C8H4ClNOS/c9-8(11)6(5-10)4-7-2-1-3-12-7/h1-4H/b6-4+. The summed E-state index contributed by atoms with van der Waals surface area (Å²) < 4.78 is 0. The van der Waals surface area contributed by atoms with E-state index in [1.807, 2.05) is 17.5 Å². The van der Waals surface area contributed by atoms with Crippen molar-refractivity contribution in [3.05, 3.63) is 28.0 Å². The van der Waals surface area contributed by atoms with Gasteiger partial charge in [-0.3, -0.25) is 4.79 Å². The van der Waals surface area contributed by atoms with Gasteiger partial charge in [0.15, 0.2) is 0 Å². The molecule has 0 spiro atoms. The van der Waals surface area contributed by atoms with Crippen molar-refractivity contribution in [2.45, 2.75) is 0 Å². The monoisotopic (exact) mass is 197 g/mol. The Bertz CT molecular complexity index is 348. The third kappa shape index (κ3) is 2.19. The van der Waals surface area contributed by atoms with Gasteiger partial charge < -0.3 is 0 Å². The molecule has 2 nitrogen and oxygen atoms in total. The van der Waals surface area contributed by atoms with Gasteiger partial charge in [0.2, 0.25) is 0 Å². The van der Waals surface area contributed by atoms with Gasteiger partial charge in [-0.2, -0.15) is 5.26 Å². The molecule has 0 bridgehead atoms. The van der Waals surface area contributed by atoms with Crippen LogP contribution in [0.4, 0.5) is 0 Å². The minimum Gasteiger partial charge on any atom is -0.275 e. The number of hydrogen-bond acceptors (Lipinski definition) is 3. The predicted molar refractivity (Wildman–Crippen MR) is 48.8 cm³/mol. The second-order valence-corrected chi connectivity index (χ2v) is 3.28. The van der Waals surface area contributed by atoms with Gasteiger partial charge in [-0.1, -0.05) is 6.07 Å². The van der Waals surface area contributed by atoms with Gasteiger partial charge in [0.1, 0.15) is 11.6 Å². The van der Waals surface area contributed by atoms with E-state index in [-0.39, 0.29) is 5.57 Å². The molecule has 0 unspecified atom stereocenters. The third-order valence-corrected chi connectivity index (χ3v) is 2.18. The first-order valence-corrected chi connectivity index (χ1v) is 4.35. The minimum absolute atomic E-state index is 0.0286. The van der Waals surface area contributed by atoms with E-state index >= 15 is 0 Å². The van der Waals surface area contributed by atoms with E-state index in [4.69, 9.17) is 16.9 Å². The van der Waals surface area contributed by atoms with Crippen molar-refractivity contribution in [1.82, 2.24) is 0 Å². The Balaban J connectivity index is 2.95. The van der Waals surface area contributed by atoms with Crippen molar-refractivity contribution in [2.24, 2.45) is 0 Å². The van der Waals surface area contributed by atoms with Gasteiger partial charge in [0.05, 0.1) is 0 Å². The largest absolute Gasteiger partial charge is 0.275 e. The summed E-state index contributed by atoms with van der Waals surface area (Å²) in [7, 11) is 0. The fraction of sp³-hybridized carbons (Fsp3) is 0. The summed E-state index contributed by atoms with van der Waals surface area (Å²) in [4.78, 5) is 11.4. The lowest BCUT2D eigenvalue weighted by Gasteiger charge is -1.85. The molecular weight excluding hydrogens is 194 g/mol. The molecule has 4 heteroatoms. The second kappa shape index (κ2) is 4.05. The lowest BCUT2D eigenvalue weighted by atomic mass is 10.3. The average molecular weight is 198 g/mol. The molecule has 0 aliphatic heterocycles. The zero-order valence-electron chi connectivity index (χ0n) is 5.95. The highest BCUT2D eigenvalue weighted by Gasteiger charge is 2.04. The van der Waals surface area contributed by atoms with Gasteiger partial charge in [-0.25, -0.2) is 0 Å². The Morgan fingerprint density at radius 3 is 2.92 bits per heavy atom. The highest BCUT2D eigenvalue weighted by atomic mass is 35.5. The van der Waals surface area contributed by atoms with E-state index in [0.29, 0.717) is 0 Å². The number of nitriles is 1. The number of nitrogens with zero attached hydrogens (tertiary/aromatic N) is 1. The highest BCUT2D eigenvalue weighted by molar-refractivity contribution is 7.10. The Hall–Kier alpha value is -1.11.